The molecule has 0 spiro atoms. The molecule has 3 heterocycles. The highest BCUT2D eigenvalue weighted by Gasteiger charge is 2.23. The van der Waals surface area contributed by atoms with Gasteiger partial charge >= 0.3 is 0 Å². The van der Waals surface area contributed by atoms with E-state index < -0.39 is 0 Å². The SMILES string of the molecule is Cc1nc(N)c(CCC2CCN(C(=O)CCC(=O)c3ccncc3)CC2)c(Cl)n1. The van der Waals surface area contributed by atoms with Gasteiger partial charge in [0, 0.05) is 49.5 Å². The maximum atomic E-state index is 12.5. The van der Waals surface area contributed by atoms with Gasteiger partial charge in [-0.25, -0.2) is 9.97 Å². The molecule has 0 saturated carbocycles. The molecule has 0 bridgehead atoms. The number of Topliss-reactive ketones (excluding diaryl/α,β-unsaturated/α-hetero) is 1. The molecule has 7 nitrogen and oxygen atoms in total. The molecule has 1 fully saturated rings. The topological polar surface area (TPSA) is 102 Å². The number of hydrogen-bond donors (Lipinski definition) is 1. The number of aryl methyl sites for hydroxylation is 1. The van der Waals surface area contributed by atoms with E-state index in [2.05, 4.69) is 15.0 Å². The molecular formula is C21H26ClN5O2. The Labute approximate surface area is 175 Å². The second-order valence-electron chi connectivity index (χ2n) is 7.45. The maximum Gasteiger partial charge on any atom is 0.223 e. The summed E-state index contributed by atoms with van der Waals surface area (Å²) in [5, 5.41) is 0.432. The van der Waals surface area contributed by atoms with Crippen LogP contribution >= 0.6 is 11.6 Å². The van der Waals surface area contributed by atoms with Gasteiger partial charge in [0.1, 0.15) is 16.8 Å². The van der Waals surface area contributed by atoms with Crippen LogP contribution in [0.2, 0.25) is 5.15 Å². The fourth-order valence-electron chi connectivity index (χ4n) is 3.69. The Bertz CT molecular complexity index is 844. The highest BCUT2D eigenvalue weighted by atomic mass is 35.5. The minimum absolute atomic E-state index is 0.0228. The molecule has 8 heteroatoms. The summed E-state index contributed by atoms with van der Waals surface area (Å²) in [7, 11) is 0. The molecule has 1 saturated heterocycles. The number of likely N-dealkylation sites (tertiary alicyclic amines) is 1. The van der Waals surface area contributed by atoms with Crippen LogP contribution in [0.4, 0.5) is 5.82 Å². The van der Waals surface area contributed by atoms with E-state index in [1.165, 1.54) is 0 Å². The van der Waals surface area contributed by atoms with E-state index in [0.29, 0.717) is 28.3 Å². The minimum atomic E-state index is -0.0228. The van der Waals surface area contributed by atoms with Crippen molar-refractivity contribution in [2.45, 2.75) is 45.4 Å². The Kier molecular flexibility index (Phi) is 7.14. The zero-order valence-electron chi connectivity index (χ0n) is 16.6. The Balaban J connectivity index is 1.42. The summed E-state index contributed by atoms with van der Waals surface area (Å²) in [6, 6.07) is 3.35. The molecule has 2 aromatic rings. The molecule has 0 unspecified atom stereocenters. The number of pyridine rings is 1. The molecule has 0 atom stereocenters. The van der Waals surface area contributed by atoms with Gasteiger partial charge in [0.05, 0.1) is 0 Å². The number of nitrogen functional groups attached to an aromatic ring is 1. The number of rotatable bonds is 7. The maximum absolute atomic E-state index is 12.5. The number of carbonyl (C=O) groups excluding carboxylic acids is 2. The Hall–Kier alpha value is -2.54. The molecular weight excluding hydrogens is 390 g/mol. The standard InChI is InChI=1S/C21H26ClN5O2/c1-14-25-20(22)17(21(23)26-14)3-2-15-8-12-27(13-9-15)19(29)5-4-18(28)16-6-10-24-11-7-16/h6-7,10-11,15H,2-5,8-9,12-13H2,1H3,(H2,23,25,26). The molecule has 1 aliphatic rings. The number of nitrogens with two attached hydrogens (primary N) is 1. The van der Waals surface area contributed by atoms with Crippen LogP contribution in [-0.2, 0) is 11.2 Å². The van der Waals surface area contributed by atoms with E-state index in [9.17, 15) is 9.59 Å². The van der Waals surface area contributed by atoms with Crippen molar-refractivity contribution in [3.8, 4) is 0 Å². The molecule has 1 aliphatic heterocycles. The number of carbonyl (C=O) groups is 2. The molecule has 2 N–H and O–H groups in total. The van der Waals surface area contributed by atoms with Crippen LogP contribution in [-0.4, -0.2) is 44.6 Å². The van der Waals surface area contributed by atoms with Crippen molar-refractivity contribution in [2.24, 2.45) is 5.92 Å². The number of aromatic nitrogens is 3. The third-order valence-electron chi connectivity index (χ3n) is 5.44. The lowest BCUT2D eigenvalue weighted by atomic mass is 9.90. The molecule has 0 radical (unpaired) electrons. The first kappa shape index (κ1) is 21.2. The molecule has 3 rings (SSSR count). The number of hydrogen-bond acceptors (Lipinski definition) is 6. The number of halogens is 1. The van der Waals surface area contributed by atoms with Crippen LogP contribution in [0.1, 0.15) is 53.8 Å². The monoisotopic (exact) mass is 415 g/mol. The predicted octanol–water partition coefficient (Wildman–Crippen LogP) is 3.25. The third kappa shape index (κ3) is 5.73. The average molecular weight is 416 g/mol. The molecule has 0 aromatic carbocycles. The van der Waals surface area contributed by atoms with Crippen molar-refractivity contribution in [1.82, 2.24) is 19.9 Å². The summed E-state index contributed by atoms with van der Waals surface area (Å²) in [5.41, 5.74) is 7.39. The first-order chi connectivity index (χ1) is 13.9. The number of piperidine rings is 1. The third-order valence-corrected chi connectivity index (χ3v) is 5.75. The van der Waals surface area contributed by atoms with E-state index in [0.717, 1.165) is 44.3 Å². The van der Waals surface area contributed by atoms with Gasteiger partial charge in [-0.3, -0.25) is 14.6 Å². The largest absolute Gasteiger partial charge is 0.383 e. The van der Waals surface area contributed by atoms with Crippen LogP contribution < -0.4 is 5.73 Å². The normalized spacial score (nSPS) is 14.8. The number of ketones is 1. The van der Waals surface area contributed by atoms with Gasteiger partial charge in [0.15, 0.2) is 5.78 Å². The lowest BCUT2D eigenvalue weighted by Gasteiger charge is -2.32. The van der Waals surface area contributed by atoms with Gasteiger partial charge < -0.3 is 10.6 Å². The minimum Gasteiger partial charge on any atom is -0.383 e. The Morgan fingerprint density at radius 3 is 2.52 bits per heavy atom. The van der Waals surface area contributed by atoms with Crippen molar-refractivity contribution in [3.05, 3.63) is 46.6 Å². The van der Waals surface area contributed by atoms with Gasteiger partial charge in [-0.1, -0.05) is 11.6 Å². The Morgan fingerprint density at radius 1 is 1.17 bits per heavy atom. The van der Waals surface area contributed by atoms with E-state index in [-0.39, 0.29) is 24.5 Å². The first-order valence-corrected chi connectivity index (χ1v) is 10.3. The van der Waals surface area contributed by atoms with E-state index in [1.54, 1.807) is 31.5 Å². The predicted molar refractivity (Wildman–Crippen MR) is 112 cm³/mol. The second-order valence-corrected chi connectivity index (χ2v) is 7.81. The highest BCUT2D eigenvalue weighted by molar-refractivity contribution is 6.30. The quantitative estimate of drug-likeness (QED) is 0.550. The second kappa shape index (κ2) is 9.78. The van der Waals surface area contributed by atoms with Crippen LogP contribution in [0.15, 0.2) is 24.5 Å². The van der Waals surface area contributed by atoms with E-state index >= 15 is 0 Å². The number of anilines is 1. The summed E-state index contributed by atoms with van der Waals surface area (Å²) in [5.74, 6) is 1.56. The highest BCUT2D eigenvalue weighted by Crippen LogP contribution is 2.27. The van der Waals surface area contributed by atoms with Gasteiger partial charge in [-0.15, -0.1) is 0 Å². The van der Waals surface area contributed by atoms with Crippen molar-refractivity contribution in [2.75, 3.05) is 18.8 Å². The van der Waals surface area contributed by atoms with Crippen molar-refractivity contribution in [3.63, 3.8) is 0 Å². The lowest BCUT2D eigenvalue weighted by molar-refractivity contribution is -0.132. The van der Waals surface area contributed by atoms with Gasteiger partial charge in [-0.05, 0) is 50.7 Å². The van der Waals surface area contributed by atoms with Gasteiger partial charge in [0.25, 0.3) is 0 Å². The van der Waals surface area contributed by atoms with Crippen LogP contribution in [0.5, 0.6) is 0 Å². The van der Waals surface area contributed by atoms with Crippen molar-refractivity contribution in [1.29, 1.82) is 0 Å². The Morgan fingerprint density at radius 2 is 1.86 bits per heavy atom. The molecule has 0 aliphatic carbocycles. The smallest absolute Gasteiger partial charge is 0.223 e. The summed E-state index contributed by atoms with van der Waals surface area (Å²) in [6.07, 6.45) is 7.21. The molecule has 29 heavy (non-hydrogen) atoms. The van der Waals surface area contributed by atoms with Gasteiger partial charge in [0.2, 0.25) is 5.91 Å². The first-order valence-electron chi connectivity index (χ1n) is 9.93. The van der Waals surface area contributed by atoms with Gasteiger partial charge in [-0.2, -0.15) is 0 Å². The van der Waals surface area contributed by atoms with Crippen LogP contribution in [0.25, 0.3) is 0 Å². The summed E-state index contributed by atoms with van der Waals surface area (Å²) in [6.45, 7) is 3.21. The fourth-order valence-corrected chi connectivity index (χ4v) is 4.01. The molecule has 154 valence electrons. The lowest BCUT2D eigenvalue weighted by Crippen LogP contribution is -2.38. The van der Waals surface area contributed by atoms with Crippen molar-refractivity contribution < 1.29 is 9.59 Å². The number of nitrogens with zero attached hydrogens (tertiary/aromatic N) is 4. The summed E-state index contributed by atoms with van der Waals surface area (Å²) >= 11 is 6.21. The number of amides is 1. The van der Waals surface area contributed by atoms with Crippen molar-refractivity contribution >= 4 is 29.1 Å². The van der Waals surface area contributed by atoms with Crippen LogP contribution in [0.3, 0.4) is 0 Å². The molecule has 2 aromatic heterocycles. The summed E-state index contributed by atoms with van der Waals surface area (Å²) < 4.78 is 0. The molecule has 1 amide bonds. The summed E-state index contributed by atoms with van der Waals surface area (Å²) in [4.78, 5) is 38.7. The van der Waals surface area contributed by atoms with E-state index in [4.69, 9.17) is 17.3 Å². The van der Waals surface area contributed by atoms with Crippen LogP contribution in [0, 0.1) is 12.8 Å². The zero-order chi connectivity index (χ0) is 20.8. The zero-order valence-corrected chi connectivity index (χ0v) is 17.4. The fraction of sp³-hybridized carbons (Fsp3) is 0.476. The van der Waals surface area contributed by atoms with E-state index in [1.807, 2.05) is 4.90 Å². The average Bonchev–Trinajstić information content (AvgIpc) is 2.72.